The van der Waals surface area contributed by atoms with E-state index in [2.05, 4.69) is 6.92 Å². The molecule has 0 aliphatic carbocycles. The lowest BCUT2D eigenvalue weighted by Crippen LogP contribution is -2.04. The molecule has 0 radical (unpaired) electrons. The summed E-state index contributed by atoms with van der Waals surface area (Å²) in [7, 11) is 0. The van der Waals surface area contributed by atoms with Crippen molar-refractivity contribution in [2.24, 2.45) is 0 Å². The predicted molar refractivity (Wildman–Crippen MR) is 114 cm³/mol. The molecule has 1 aliphatic rings. The Morgan fingerprint density at radius 2 is 1.76 bits per heavy atom. The van der Waals surface area contributed by atoms with Gasteiger partial charge in [-0.15, -0.1) is 35.3 Å². The number of nitro groups is 1. The van der Waals surface area contributed by atoms with E-state index in [1.807, 2.05) is 0 Å². The number of halogens is 2. The molecule has 0 atom stereocenters. The SMILES string of the molecule is CCCCCCCCS/C1=C([N+](=O)[O-])/C(Cl)=C(/Cl)SCCOCCS1. The van der Waals surface area contributed by atoms with Crippen LogP contribution < -0.4 is 0 Å². The monoisotopic (exact) mass is 445 g/mol. The largest absolute Gasteiger partial charge is 0.380 e. The topological polar surface area (TPSA) is 52.4 Å². The molecule has 0 aromatic rings. The van der Waals surface area contributed by atoms with Crippen LogP contribution in [0.15, 0.2) is 19.3 Å². The first-order chi connectivity index (χ1) is 12.1. The molecule has 9 heteroatoms. The van der Waals surface area contributed by atoms with Gasteiger partial charge in [0, 0.05) is 11.5 Å². The van der Waals surface area contributed by atoms with Gasteiger partial charge in [-0.3, -0.25) is 10.1 Å². The fourth-order valence-corrected chi connectivity index (χ4v) is 5.86. The normalized spacial score (nSPS) is 23.3. The maximum absolute atomic E-state index is 11.6. The van der Waals surface area contributed by atoms with Crippen LogP contribution in [0, 0.1) is 10.1 Å². The van der Waals surface area contributed by atoms with Crippen molar-refractivity contribution < 1.29 is 9.66 Å². The number of thioether (sulfide) groups is 3. The molecule has 0 spiro atoms. The Morgan fingerprint density at radius 3 is 2.44 bits per heavy atom. The summed E-state index contributed by atoms with van der Waals surface area (Å²) in [6.45, 7) is 3.32. The van der Waals surface area contributed by atoms with E-state index < -0.39 is 4.92 Å². The molecule has 0 unspecified atom stereocenters. The summed E-state index contributed by atoms with van der Waals surface area (Å²) in [5, 5.41) is 11.6. The molecule has 0 bridgehead atoms. The first kappa shape index (κ1) is 23.5. The molecule has 0 saturated carbocycles. The van der Waals surface area contributed by atoms with Crippen molar-refractivity contribution in [1.29, 1.82) is 0 Å². The van der Waals surface area contributed by atoms with Gasteiger partial charge in [-0.2, -0.15) is 0 Å². The van der Waals surface area contributed by atoms with Crippen molar-refractivity contribution in [3.05, 3.63) is 29.4 Å². The van der Waals surface area contributed by atoms with Crippen molar-refractivity contribution in [2.45, 2.75) is 45.4 Å². The fourth-order valence-electron chi connectivity index (χ4n) is 2.11. The number of hydrogen-bond donors (Lipinski definition) is 0. The summed E-state index contributed by atoms with van der Waals surface area (Å²) in [6, 6.07) is 0. The van der Waals surface area contributed by atoms with Crippen LogP contribution in [-0.4, -0.2) is 35.4 Å². The molecule has 25 heavy (non-hydrogen) atoms. The first-order valence-corrected chi connectivity index (χ1v) is 12.2. The summed E-state index contributed by atoms with van der Waals surface area (Å²) < 4.78 is 6.40. The van der Waals surface area contributed by atoms with Gasteiger partial charge in [0.15, 0.2) is 0 Å². The van der Waals surface area contributed by atoms with Crippen molar-refractivity contribution in [3.8, 4) is 0 Å². The highest BCUT2D eigenvalue weighted by Crippen LogP contribution is 2.40. The van der Waals surface area contributed by atoms with Gasteiger partial charge in [0.05, 0.1) is 22.5 Å². The van der Waals surface area contributed by atoms with Crippen molar-refractivity contribution in [3.63, 3.8) is 0 Å². The van der Waals surface area contributed by atoms with Gasteiger partial charge in [0.25, 0.3) is 0 Å². The Kier molecular flexibility index (Phi) is 13.7. The first-order valence-electron chi connectivity index (χ1n) is 8.48. The van der Waals surface area contributed by atoms with Gasteiger partial charge in [-0.1, -0.05) is 62.2 Å². The fraction of sp³-hybridized carbons (Fsp3) is 0.750. The Hall–Kier alpha value is 0.470. The minimum absolute atomic E-state index is 0.0384. The zero-order valence-corrected chi connectivity index (χ0v) is 18.4. The van der Waals surface area contributed by atoms with E-state index in [1.54, 1.807) is 0 Å². The number of rotatable bonds is 9. The second-order valence-corrected chi connectivity index (χ2v) is 9.96. The molecular formula is C16H25Cl2NO3S3. The molecule has 144 valence electrons. The lowest BCUT2D eigenvalue weighted by molar-refractivity contribution is -0.419. The predicted octanol–water partition coefficient (Wildman–Crippen LogP) is 6.67. The molecule has 0 aromatic carbocycles. The Balaban J connectivity index is 2.76. The van der Waals surface area contributed by atoms with Crippen LogP contribution in [0.5, 0.6) is 0 Å². The van der Waals surface area contributed by atoms with Crippen LogP contribution in [0.1, 0.15) is 45.4 Å². The summed E-state index contributed by atoms with van der Waals surface area (Å²) in [6.07, 6.45) is 7.19. The highest BCUT2D eigenvalue weighted by atomic mass is 35.5. The van der Waals surface area contributed by atoms with Gasteiger partial charge in [0.2, 0.25) is 0 Å². The minimum atomic E-state index is -0.416. The van der Waals surface area contributed by atoms with Crippen LogP contribution in [0.3, 0.4) is 0 Å². The lowest BCUT2D eigenvalue weighted by atomic mass is 10.1. The summed E-state index contributed by atoms with van der Waals surface area (Å²) in [5.74, 6) is 2.15. The number of unbranched alkanes of at least 4 members (excludes halogenated alkanes) is 5. The number of nitrogens with zero attached hydrogens (tertiary/aromatic N) is 1. The van der Waals surface area contributed by atoms with Crippen LogP contribution in [-0.2, 0) is 4.74 Å². The van der Waals surface area contributed by atoms with E-state index in [0.717, 1.165) is 18.6 Å². The second-order valence-electron chi connectivity index (χ2n) is 5.41. The van der Waals surface area contributed by atoms with Crippen molar-refractivity contribution in [1.82, 2.24) is 0 Å². The maximum Gasteiger partial charge on any atom is 0.309 e. The molecule has 0 N–H and O–H groups in total. The molecule has 1 aliphatic heterocycles. The standard InChI is InChI=1S/C16H25Cl2NO3S3/c1-2-3-4-5-6-7-10-24-16-14(19(20)21)13(17)15(18)23-11-8-22-9-12-25-16/h2-12H2,1H3/b15-13+,16-14+. The number of ether oxygens (including phenoxy) is 1. The summed E-state index contributed by atoms with van der Waals surface area (Å²) in [4.78, 5) is 11.2. The van der Waals surface area contributed by atoms with E-state index in [4.69, 9.17) is 27.9 Å². The van der Waals surface area contributed by atoms with Gasteiger partial charge in [-0.05, 0) is 12.2 Å². The van der Waals surface area contributed by atoms with E-state index in [9.17, 15) is 10.1 Å². The third-order valence-corrected chi connectivity index (χ3v) is 7.81. The third kappa shape index (κ3) is 9.82. The van der Waals surface area contributed by atoms with Crippen LogP contribution in [0.25, 0.3) is 0 Å². The van der Waals surface area contributed by atoms with Crippen LogP contribution in [0.4, 0.5) is 0 Å². The van der Waals surface area contributed by atoms with Gasteiger partial charge in [-0.25, -0.2) is 0 Å². The second kappa shape index (κ2) is 14.5. The average molecular weight is 446 g/mol. The average Bonchev–Trinajstić information content (AvgIpc) is 2.61. The Morgan fingerprint density at radius 1 is 1.12 bits per heavy atom. The molecule has 1 heterocycles. The van der Waals surface area contributed by atoms with Crippen LogP contribution >= 0.6 is 58.5 Å². The minimum Gasteiger partial charge on any atom is -0.380 e. The lowest BCUT2D eigenvalue weighted by Gasteiger charge is -2.09. The molecule has 4 nitrogen and oxygen atoms in total. The quantitative estimate of drug-likeness (QED) is 0.224. The van der Waals surface area contributed by atoms with E-state index in [0.29, 0.717) is 29.0 Å². The van der Waals surface area contributed by atoms with Crippen molar-refractivity contribution in [2.75, 3.05) is 30.5 Å². The number of allylic oxidation sites excluding steroid dienone is 1. The highest BCUT2D eigenvalue weighted by molar-refractivity contribution is 8.22. The molecule has 1 rings (SSSR count). The van der Waals surface area contributed by atoms with Gasteiger partial charge < -0.3 is 4.74 Å². The molecular weight excluding hydrogens is 421 g/mol. The summed E-state index contributed by atoms with van der Waals surface area (Å²) >= 11 is 16.6. The number of hydrogen-bond acceptors (Lipinski definition) is 6. The third-order valence-electron chi connectivity index (χ3n) is 3.40. The van der Waals surface area contributed by atoms with E-state index >= 15 is 0 Å². The van der Waals surface area contributed by atoms with Gasteiger partial charge >= 0.3 is 5.70 Å². The molecule has 0 amide bonds. The Labute approximate surface area is 173 Å². The highest BCUT2D eigenvalue weighted by Gasteiger charge is 2.26. The van der Waals surface area contributed by atoms with Gasteiger partial charge in [0.1, 0.15) is 9.27 Å². The zero-order chi connectivity index (χ0) is 18.5. The van der Waals surface area contributed by atoms with Crippen LogP contribution in [0.2, 0.25) is 0 Å². The smallest absolute Gasteiger partial charge is 0.309 e. The molecule has 0 aromatic heterocycles. The molecule has 0 saturated heterocycles. The maximum atomic E-state index is 11.6. The van der Waals surface area contributed by atoms with Crippen molar-refractivity contribution >= 4 is 58.5 Å². The van der Waals surface area contributed by atoms with E-state index in [-0.39, 0.29) is 15.1 Å². The Bertz CT molecular complexity index is 487. The summed E-state index contributed by atoms with van der Waals surface area (Å²) in [5.41, 5.74) is -0.0675. The van der Waals surface area contributed by atoms with E-state index in [1.165, 1.54) is 61.0 Å². The zero-order valence-electron chi connectivity index (χ0n) is 14.4. The molecule has 0 fully saturated rings.